The van der Waals surface area contributed by atoms with Crippen LogP contribution in [0.4, 0.5) is 4.39 Å². The zero-order valence-electron chi connectivity index (χ0n) is 11.7. The van der Waals surface area contributed by atoms with E-state index < -0.39 is 0 Å². The van der Waals surface area contributed by atoms with Gasteiger partial charge in [-0.25, -0.2) is 4.39 Å². The number of hydrogen-bond donors (Lipinski definition) is 1. The fourth-order valence-corrected chi connectivity index (χ4v) is 3.44. The number of benzene rings is 3. The summed E-state index contributed by atoms with van der Waals surface area (Å²) in [7, 11) is 0. The summed E-state index contributed by atoms with van der Waals surface area (Å²) in [6.07, 6.45) is 0. The van der Waals surface area contributed by atoms with E-state index in [4.69, 9.17) is 5.73 Å². The van der Waals surface area contributed by atoms with E-state index in [1.165, 1.54) is 23.2 Å². The van der Waals surface area contributed by atoms with Gasteiger partial charge in [0, 0.05) is 10.9 Å². The highest BCUT2D eigenvalue weighted by molar-refractivity contribution is 7.99. The highest BCUT2D eigenvalue weighted by atomic mass is 32.2. The Morgan fingerprint density at radius 3 is 2.48 bits per heavy atom. The van der Waals surface area contributed by atoms with Crippen molar-refractivity contribution in [3.63, 3.8) is 0 Å². The SMILES string of the molecule is C[C@H](N)c1cccc(F)c1Sc1ccc2ccccc2c1. The maximum absolute atomic E-state index is 14.1. The largest absolute Gasteiger partial charge is 0.324 e. The van der Waals surface area contributed by atoms with Crippen molar-refractivity contribution in [1.82, 2.24) is 0 Å². The van der Waals surface area contributed by atoms with Crippen molar-refractivity contribution in [2.45, 2.75) is 22.8 Å². The summed E-state index contributed by atoms with van der Waals surface area (Å²) in [5, 5.41) is 2.34. The Morgan fingerprint density at radius 2 is 1.71 bits per heavy atom. The van der Waals surface area contributed by atoms with E-state index in [1.807, 2.05) is 31.2 Å². The lowest BCUT2D eigenvalue weighted by Crippen LogP contribution is -2.07. The summed E-state index contributed by atoms with van der Waals surface area (Å²) < 4.78 is 14.1. The number of halogens is 1. The molecule has 3 rings (SSSR count). The van der Waals surface area contributed by atoms with Gasteiger partial charge in [0.25, 0.3) is 0 Å². The maximum Gasteiger partial charge on any atom is 0.137 e. The van der Waals surface area contributed by atoms with Gasteiger partial charge in [0.1, 0.15) is 5.82 Å². The molecule has 0 heterocycles. The normalized spacial score (nSPS) is 12.5. The first kappa shape index (κ1) is 14.1. The summed E-state index contributed by atoms with van der Waals surface area (Å²) in [5.74, 6) is -0.219. The lowest BCUT2D eigenvalue weighted by molar-refractivity contribution is 0.591. The van der Waals surface area contributed by atoms with Crippen molar-refractivity contribution in [3.8, 4) is 0 Å². The van der Waals surface area contributed by atoms with Gasteiger partial charge in [-0.3, -0.25) is 0 Å². The van der Waals surface area contributed by atoms with Crippen LogP contribution in [0.2, 0.25) is 0 Å². The van der Waals surface area contributed by atoms with Crippen LogP contribution in [0.5, 0.6) is 0 Å². The fourth-order valence-electron chi connectivity index (χ4n) is 2.34. The quantitative estimate of drug-likeness (QED) is 0.723. The Kier molecular flexibility index (Phi) is 3.95. The second-order valence-corrected chi connectivity index (χ2v) is 6.14. The van der Waals surface area contributed by atoms with Crippen LogP contribution in [0.25, 0.3) is 10.8 Å². The third-order valence-electron chi connectivity index (χ3n) is 3.43. The predicted octanol–water partition coefficient (Wildman–Crippen LogP) is 5.15. The Morgan fingerprint density at radius 1 is 0.952 bits per heavy atom. The molecule has 0 bridgehead atoms. The molecular formula is C18H16FNS. The first-order chi connectivity index (χ1) is 10.1. The molecular weight excluding hydrogens is 281 g/mol. The first-order valence-electron chi connectivity index (χ1n) is 6.86. The van der Waals surface area contributed by atoms with Crippen molar-refractivity contribution >= 4 is 22.5 Å². The molecule has 0 radical (unpaired) electrons. The lowest BCUT2D eigenvalue weighted by Gasteiger charge is -2.13. The van der Waals surface area contributed by atoms with Crippen LogP contribution in [0.1, 0.15) is 18.5 Å². The molecule has 3 heteroatoms. The van der Waals surface area contributed by atoms with E-state index in [-0.39, 0.29) is 11.9 Å². The second-order valence-electron chi connectivity index (χ2n) is 5.06. The third-order valence-corrected chi connectivity index (χ3v) is 4.55. The minimum atomic E-state index is -0.219. The van der Waals surface area contributed by atoms with Crippen LogP contribution < -0.4 is 5.73 Å². The van der Waals surface area contributed by atoms with Gasteiger partial charge in [-0.2, -0.15) is 0 Å². The summed E-state index contributed by atoms with van der Waals surface area (Å²) in [6.45, 7) is 1.87. The minimum Gasteiger partial charge on any atom is -0.324 e. The summed E-state index contributed by atoms with van der Waals surface area (Å²) in [4.78, 5) is 1.63. The third kappa shape index (κ3) is 2.94. The molecule has 0 aliphatic heterocycles. The molecule has 21 heavy (non-hydrogen) atoms. The zero-order chi connectivity index (χ0) is 14.8. The van der Waals surface area contributed by atoms with Gasteiger partial charge in [0.15, 0.2) is 0 Å². The van der Waals surface area contributed by atoms with Gasteiger partial charge >= 0.3 is 0 Å². The summed E-state index contributed by atoms with van der Waals surface area (Å²) in [5.41, 5.74) is 6.79. The van der Waals surface area contributed by atoms with Crippen molar-refractivity contribution in [3.05, 3.63) is 72.0 Å². The average Bonchev–Trinajstić information content (AvgIpc) is 2.49. The topological polar surface area (TPSA) is 26.0 Å². The number of fused-ring (bicyclic) bond motifs is 1. The van der Waals surface area contributed by atoms with E-state index in [0.717, 1.165) is 15.8 Å². The fraction of sp³-hybridized carbons (Fsp3) is 0.111. The van der Waals surface area contributed by atoms with Crippen LogP contribution in [0.3, 0.4) is 0 Å². The van der Waals surface area contributed by atoms with Crippen LogP contribution in [-0.4, -0.2) is 0 Å². The van der Waals surface area contributed by atoms with Gasteiger partial charge in [-0.05, 0) is 41.5 Å². The van der Waals surface area contributed by atoms with Gasteiger partial charge in [-0.1, -0.05) is 54.2 Å². The van der Waals surface area contributed by atoms with Crippen molar-refractivity contribution in [2.75, 3.05) is 0 Å². The Labute approximate surface area is 128 Å². The second kappa shape index (κ2) is 5.88. The zero-order valence-corrected chi connectivity index (χ0v) is 12.5. The van der Waals surface area contributed by atoms with Gasteiger partial charge in [0.2, 0.25) is 0 Å². The molecule has 0 fully saturated rings. The molecule has 0 aromatic heterocycles. The van der Waals surface area contributed by atoms with Gasteiger partial charge in [-0.15, -0.1) is 0 Å². The van der Waals surface area contributed by atoms with E-state index in [2.05, 4.69) is 24.3 Å². The predicted molar refractivity (Wildman–Crippen MR) is 87.1 cm³/mol. The van der Waals surface area contributed by atoms with Crippen LogP contribution in [0.15, 0.2) is 70.5 Å². The molecule has 0 unspecified atom stereocenters. The molecule has 0 saturated heterocycles. The van der Waals surface area contributed by atoms with Crippen molar-refractivity contribution in [1.29, 1.82) is 0 Å². The number of rotatable bonds is 3. The molecule has 1 atom stereocenters. The number of nitrogens with two attached hydrogens (primary N) is 1. The van der Waals surface area contributed by atoms with E-state index >= 15 is 0 Å². The monoisotopic (exact) mass is 297 g/mol. The van der Waals surface area contributed by atoms with Gasteiger partial charge in [0.05, 0.1) is 4.90 Å². The van der Waals surface area contributed by atoms with E-state index in [0.29, 0.717) is 4.90 Å². The smallest absolute Gasteiger partial charge is 0.137 e. The highest BCUT2D eigenvalue weighted by Crippen LogP contribution is 2.36. The minimum absolute atomic E-state index is 0.191. The maximum atomic E-state index is 14.1. The lowest BCUT2D eigenvalue weighted by atomic mass is 10.1. The summed E-state index contributed by atoms with van der Waals surface area (Å²) >= 11 is 1.43. The standard InChI is InChI=1S/C18H16FNS/c1-12(20)16-7-4-8-17(19)18(16)21-15-10-9-13-5-2-3-6-14(13)11-15/h2-12H,20H2,1H3/t12-/m0/s1. The Hall–Kier alpha value is -1.84. The first-order valence-corrected chi connectivity index (χ1v) is 7.67. The molecule has 0 saturated carbocycles. The average molecular weight is 297 g/mol. The summed E-state index contributed by atoms with van der Waals surface area (Å²) in [6, 6.07) is 19.2. The number of hydrogen-bond acceptors (Lipinski definition) is 2. The molecule has 1 nitrogen and oxygen atoms in total. The van der Waals surface area contributed by atoms with E-state index in [1.54, 1.807) is 6.07 Å². The molecule has 3 aromatic carbocycles. The molecule has 106 valence electrons. The Balaban J connectivity index is 2.02. The molecule has 0 amide bonds. The highest BCUT2D eigenvalue weighted by Gasteiger charge is 2.13. The van der Waals surface area contributed by atoms with Crippen molar-refractivity contribution in [2.24, 2.45) is 5.73 Å². The van der Waals surface area contributed by atoms with Crippen LogP contribution in [-0.2, 0) is 0 Å². The van der Waals surface area contributed by atoms with Crippen LogP contribution in [0, 0.1) is 5.82 Å². The Bertz CT molecular complexity index is 783. The molecule has 0 aliphatic rings. The van der Waals surface area contributed by atoms with Crippen molar-refractivity contribution < 1.29 is 4.39 Å². The van der Waals surface area contributed by atoms with Crippen LogP contribution >= 0.6 is 11.8 Å². The molecule has 2 N–H and O–H groups in total. The molecule has 3 aromatic rings. The molecule has 0 spiro atoms. The van der Waals surface area contributed by atoms with E-state index in [9.17, 15) is 4.39 Å². The molecule has 0 aliphatic carbocycles. The van der Waals surface area contributed by atoms with Gasteiger partial charge < -0.3 is 5.73 Å².